The van der Waals surface area contributed by atoms with Crippen molar-refractivity contribution in [2.75, 3.05) is 6.54 Å². The number of hydrogen-bond donors (Lipinski definition) is 1. The SMILES string of the molecule is CC(=O)c1c(C)nn(CCC(=O)N2CCC[C@@H]2c2n[nH]c(C)n2)c1C. The molecule has 0 aromatic carbocycles. The van der Waals surface area contributed by atoms with Gasteiger partial charge in [0.05, 0.1) is 17.3 Å². The van der Waals surface area contributed by atoms with Gasteiger partial charge >= 0.3 is 0 Å². The third kappa shape index (κ3) is 3.33. The van der Waals surface area contributed by atoms with Gasteiger partial charge in [-0.05, 0) is 40.5 Å². The Morgan fingerprint density at radius 3 is 2.64 bits per heavy atom. The maximum atomic E-state index is 12.7. The van der Waals surface area contributed by atoms with Crippen LogP contribution in [0.1, 0.15) is 65.6 Å². The summed E-state index contributed by atoms with van der Waals surface area (Å²) in [6.45, 7) is 8.29. The number of aryl methyl sites for hydroxylation is 3. The molecule has 0 unspecified atom stereocenters. The van der Waals surface area contributed by atoms with Crippen LogP contribution in [-0.2, 0) is 11.3 Å². The molecule has 0 spiro atoms. The van der Waals surface area contributed by atoms with Crippen molar-refractivity contribution in [3.63, 3.8) is 0 Å². The molecule has 1 saturated heterocycles. The number of nitrogens with zero attached hydrogens (tertiary/aromatic N) is 5. The zero-order chi connectivity index (χ0) is 18.1. The summed E-state index contributed by atoms with van der Waals surface area (Å²) < 4.78 is 1.76. The van der Waals surface area contributed by atoms with Crippen LogP contribution in [0.2, 0.25) is 0 Å². The van der Waals surface area contributed by atoms with E-state index >= 15 is 0 Å². The van der Waals surface area contributed by atoms with Gasteiger partial charge in [-0.2, -0.15) is 10.2 Å². The van der Waals surface area contributed by atoms with Crippen molar-refractivity contribution in [3.8, 4) is 0 Å². The highest BCUT2D eigenvalue weighted by Crippen LogP contribution is 2.30. The minimum Gasteiger partial charge on any atom is -0.332 e. The average molecular weight is 344 g/mol. The fraction of sp³-hybridized carbons (Fsp3) is 0.588. The Kier molecular flexibility index (Phi) is 4.69. The highest BCUT2D eigenvalue weighted by atomic mass is 16.2. The van der Waals surface area contributed by atoms with Crippen molar-refractivity contribution in [1.29, 1.82) is 0 Å². The molecule has 1 N–H and O–H groups in total. The molecule has 1 amide bonds. The summed E-state index contributed by atoms with van der Waals surface area (Å²) in [7, 11) is 0. The maximum Gasteiger partial charge on any atom is 0.225 e. The van der Waals surface area contributed by atoms with Crippen molar-refractivity contribution in [3.05, 3.63) is 28.6 Å². The molecule has 2 aromatic rings. The van der Waals surface area contributed by atoms with Crippen molar-refractivity contribution in [2.24, 2.45) is 0 Å². The number of carbonyl (C=O) groups is 2. The molecule has 0 saturated carbocycles. The Balaban J connectivity index is 1.68. The number of aromatic amines is 1. The first-order valence-electron chi connectivity index (χ1n) is 8.61. The number of rotatable bonds is 5. The highest BCUT2D eigenvalue weighted by Gasteiger charge is 2.32. The molecule has 1 aliphatic heterocycles. The van der Waals surface area contributed by atoms with Crippen LogP contribution in [0, 0.1) is 20.8 Å². The Morgan fingerprint density at radius 2 is 2.04 bits per heavy atom. The van der Waals surface area contributed by atoms with E-state index in [1.54, 1.807) is 11.6 Å². The Bertz CT molecular complexity index is 806. The van der Waals surface area contributed by atoms with E-state index in [1.807, 2.05) is 25.7 Å². The van der Waals surface area contributed by atoms with Gasteiger partial charge in [-0.3, -0.25) is 19.4 Å². The largest absolute Gasteiger partial charge is 0.332 e. The zero-order valence-corrected chi connectivity index (χ0v) is 15.2. The number of aromatic nitrogens is 5. The van der Waals surface area contributed by atoms with Crippen LogP contribution >= 0.6 is 0 Å². The van der Waals surface area contributed by atoms with Gasteiger partial charge in [0, 0.05) is 25.2 Å². The molecule has 0 radical (unpaired) electrons. The molecule has 1 aliphatic rings. The third-order valence-corrected chi connectivity index (χ3v) is 4.76. The molecule has 134 valence electrons. The Hall–Kier alpha value is -2.51. The summed E-state index contributed by atoms with van der Waals surface area (Å²) in [5.74, 6) is 1.52. The normalized spacial score (nSPS) is 17.3. The number of likely N-dealkylation sites (tertiary alicyclic amines) is 1. The first-order chi connectivity index (χ1) is 11.9. The van der Waals surface area contributed by atoms with Gasteiger partial charge < -0.3 is 4.90 Å². The molecule has 25 heavy (non-hydrogen) atoms. The average Bonchev–Trinajstić information content (AvgIpc) is 3.24. The van der Waals surface area contributed by atoms with Gasteiger partial charge in [0.15, 0.2) is 11.6 Å². The van der Waals surface area contributed by atoms with Crippen LogP contribution in [0.3, 0.4) is 0 Å². The first-order valence-corrected chi connectivity index (χ1v) is 8.61. The van der Waals surface area contributed by atoms with Crippen molar-refractivity contribution < 1.29 is 9.59 Å². The van der Waals surface area contributed by atoms with E-state index in [9.17, 15) is 9.59 Å². The number of amides is 1. The lowest BCUT2D eigenvalue weighted by Crippen LogP contribution is -2.32. The van der Waals surface area contributed by atoms with E-state index in [0.29, 0.717) is 30.0 Å². The monoisotopic (exact) mass is 344 g/mol. The van der Waals surface area contributed by atoms with Gasteiger partial charge in [0.2, 0.25) is 5.91 Å². The zero-order valence-electron chi connectivity index (χ0n) is 15.2. The lowest BCUT2D eigenvalue weighted by molar-refractivity contribution is -0.132. The smallest absolute Gasteiger partial charge is 0.225 e. The van der Waals surface area contributed by atoms with E-state index in [-0.39, 0.29) is 17.7 Å². The Morgan fingerprint density at radius 1 is 1.28 bits per heavy atom. The van der Waals surface area contributed by atoms with Gasteiger partial charge in [-0.15, -0.1) is 0 Å². The topological polar surface area (TPSA) is 96.8 Å². The molecule has 2 aromatic heterocycles. The lowest BCUT2D eigenvalue weighted by atomic mass is 10.1. The Labute approximate surface area is 146 Å². The number of nitrogens with one attached hydrogen (secondary N) is 1. The summed E-state index contributed by atoms with van der Waals surface area (Å²) >= 11 is 0. The molecule has 0 aliphatic carbocycles. The summed E-state index contributed by atoms with van der Waals surface area (Å²) in [6, 6.07) is -0.0503. The van der Waals surface area contributed by atoms with Gasteiger partial charge in [-0.1, -0.05) is 0 Å². The lowest BCUT2D eigenvalue weighted by Gasteiger charge is -2.22. The molecular weight excluding hydrogens is 320 g/mol. The minimum atomic E-state index is -0.0503. The van der Waals surface area contributed by atoms with Crippen molar-refractivity contribution >= 4 is 11.7 Å². The van der Waals surface area contributed by atoms with E-state index in [1.165, 1.54) is 0 Å². The predicted octanol–water partition coefficient (Wildman–Crippen LogP) is 1.88. The van der Waals surface area contributed by atoms with E-state index in [0.717, 1.165) is 30.9 Å². The first kappa shape index (κ1) is 17.3. The number of hydrogen-bond acceptors (Lipinski definition) is 5. The van der Waals surface area contributed by atoms with E-state index in [2.05, 4.69) is 20.3 Å². The van der Waals surface area contributed by atoms with Gasteiger partial charge in [0.1, 0.15) is 5.82 Å². The second-order valence-electron chi connectivity index (χ2n) is 6.60. The molecule has 0 bridgehead atoms. The quantitative estimate of drug-likeness (QED) is 0.835. The molecule has 8 nitrogen and oxygen atoms in total. The molecule has 3 rings (SSSR count). The second-order valence-corrected chi connectivity index (χ2v) is 6.60. The molecule has 1 fully saturated rings. The van der Waals surface area contributed by atoms with Crippen LogP contribution in [0.4, 0.5) is 0 Å². The van der Waals surface area contributed by atoms with E-state index in [4.69, 9.17) is 0 Å². The predicted molar refractivity (Wildman–Crippen MR) is 91.1 cm³/mol. The van der Waals surface area contributed by atoms with Crippen LogP contribution in [0.5, 0.6) is 0 Å². The van der Waals surface area contributed by atoms with Crippen molar-refractivity contribution in [1.82, 2.24) is 29.9 Å². The summed E-state index contributed by atoms with van der Waals surface area (Å²) in [5.41, 5.74) is 2.19. The van der Waals surface area contributed by atoms with Gasteiger partial charge in [-0.25, -0.2) is 4.98 Å². The van der Waals surface area contributed by atoms with Crippen LogP contribution in [0.15, 0.2) is 0 Å². The summed E-state index contributed by atoms with van der Waals surface area (Å²) in [6.07, 6.45) is 2.19. The summed E-state index contributed by atoms with van der Waals surface area (Å²) in [4.78, 5) is 30.6. The fourth-order valence-corrected chi connectivity index (χ4v) is 3.61. The maximum absolute atomic E-state index is 12.7. The molecule has 8 heteroatoms. The second kappa shape index (κ2) is 6.78. The van der Waals surface area contributed by atoms with Crippen LogP contribution in [0.25, 0.3) is 0 Å². The molecule has 1 atom stereocenters. The summed E-state index contributed by atoms with van der Waals surface area (Å²) in [5, 5.41) is 11.5. The van der Waals surface area contributed by atoms with Crippen molar-refractivity contribution in [2.45, 2.75) is 59.5 Å². The fourth-order valence-electron chi connectivity index (χ4n) is 3.61. The van der Waals surface area contributed by atoms with E-state index < -0.39 is 0 Å². The number of H-pyrrole nitrogens is 1. The number of carbonyl (C=O) groups excluding carboxylic acids is 2. The minimum absolute atomic E-state index is 0.00663. The third-order valence-electron chi connectivity index (χ3n) is 4.76. The molecule has 3 heterocycles. The standard InChI is InChI=1S/C17H24N6O2/c1-10-16(12(3)24)11(2)23(21-10)9-7-15(25)22-8-5-6-14(22)17-18-13(4)19-20-17/h14H,5-9H2,1-4H3,(H,18,19,20)/t14-/m1/s1. The highest BCUT2D eigenvalue weighted by molar-refractivity contribution is 5.96. The number of ketones is 1. The number of Topliss-reactive ketones (excluding diaryl/α,β-unsaturated/α-hetero) is 1. The molecular formula is C17H24N6O2. The van der Waals surface area contributed by atoms with Crippen LogP contribution < -0.4 is 0 Å². The van der Waals surface area contributed by atoms with Crippen LogP contribution in [-0.4, -0.2) is 48.1 Å². The van der Waals surface area contributed by atoms with Gasteiger partial charge in [0.25, 0.3) is 0 Å².